The van der Waals surface area contributed by atoms with Crippen LogP contribution < -0.4 is 0 Å². The van der Waals surface area contributed by atoms with E-state index in [1.54, 1.807) is 0 Å². The van der Waals surface area contributed by atoms with Gasteiger partial charge in [-0.15, -0.1) is 0 Å². The predicted molar refractivity (Wildman–Crippen MR) is 66.1 cm³/mol. The molecule has 6 atom stereocenters. The standard InChI is InChI=1S/C14H22O5/c1-13(5-15)9-7(4-8(17)18-3)10(12-11(9)19-12)14(13,2)6-16/h7,9-12,15-16H,4-6H2,1-3H3. The van der Waals surface area contributed by atoms with E-state index in [-0.39, 0.29) is 49.1 Å². The lowest BCUT2D eigenvalue weighted by Crippen LogP contribution is -2.50. The van der Waals surface area contributed by atoms with E-state index < -0.39 is 10.8 Å². The van der Waals surface area contributed by atoms with Gasteiger partial charge in [-0.25, -0.2) is 0 Å². The molecule has 0 aromatic carbocycles. The van der Waals surface area contributed by atoms with E-state index in [9.17, 15) is 15.0 Å². The summed E-state index contributed by atoms with van der Waals surface area (Å²) in [4.78, 5) is 11.6. The largest absolute Gasteiger partial charge is 0.469 e. The summed E-state index contributed by atoms with van der Waals surface area (Å²) in [7, 11) is 1.40. The SMILES string of the molecule is COC(=O)CC1C2C3OC3C1C(C)(CO)C2(C)CO. The molecule has 3 fully saturated rings. The number of hydrogen-bond donors (Lipinski definition) is 2. The van der Waals surface area contributed by atoms with Gasteiger partial charge in [0, 0.05) is 30.5 Å². The second kappa shape index (κ2) is 3.93. The Kier molecular flexibility index (Phi) is 2.76. The third-order valence-electron chi connectivity index (χ3n) is 6.25. The van der Waals surface area contributed by atoms with Crippen LogP contribution in [0.2, 0.25) is 0 Å². The van der Waals surface area contributed by atoms with E-state index in [2.05, 4.69) is 0 Å². The van der Waals surface area contributed by atoms with Crippen LogP contribution in [-0.2, 0) is 14.3 Å². The second-order valence-electron chi connectivity index (χ2n) is 6.71. The first-order chi connectivity index (χ1) is 8.94. The normalized spacial score (nSPS) is 54.1. The first-order valence-corrected chi connectivity index (χ1v) is 6.88. The Balaban J connectivity index is 1.96. The number of ether oxygens (including phenoxy) is 2. The van der Waals surface area contributed by atoms with Crippen molar-refractivity contribution < 1.29 is 24.5 Å². The van der Waals surface area contributed by atoms with Crippen molar-refractivity contribution in [2.24, 2.45) is 28.6 Å². The molecule has 0 radical (unpaired) electrons. The van der Waals surface area contributed by atoms with Crippen LogP contribution >= 0.6 is 0 Å². The topological polar surface area (TPSA) is 79.3 Å². The molecule has 0 aromatic rings. The lowest BCUT2D eigenvalue weighted by Gasteiger charge is -2.46. The van der Waals surface area contributed by atoms with Crippen molar-refractivity contribution >= 4 is 5.97 Å². The van der Waals surface area contributed by atoms with Crippen LogP contribution in [0.1, 0.15) is 20.3 Å². The zero-order chi connectivity index (χ0) is 14.0. The van der Waals surface area contributed by atoms with Crippen LogP contribution in [0.15, 0.2) is 0 Å². The number of hydrogen-bond acceptors (Lipinski definition) is 5. The van der Waals surface area contributed by atoms with Gasteiger partial charge in [-0.05, 0) is 17.8 Å². The summed E-state index contributed by atoms with van der Waals surface area (Å²) in [5.74, 6) is 0.182. The number of carbonyl (C=O) groups excluding carboxylic acids is 1. The maximum atomic E-state index is 11.6. The Morgan fingerprint density at radius 1 is 1.16 bits per heavy atom. The van der Waals surface area contributed by atoms with Crippen molar-refractivity contribution in [3.63, 3.8) is 0 Å². The molecule has 1 saturated heterocycles. The zero-order valence-corrected chi connectivity index (χ0v) is 11.6. The van der Waals surface area contributed by atoms with Crippen LogP contribution in [-0.4, -0.2) is 48.7 Å². The molecule has 2 saturated carbocycles. The first kappa shape index (κ1) is 13.3. The van der Waals surface area contributed by atoms with E-state index in [4.69, 9.17) is 9.47 Å². The molecule has 5 heteroatoms. The molecule has 0 spiro atoms. The molecule has 6 unspecified atom stereocenters. The van der Waals surface area contributed by atoms with Crippen molar-refractivity contribution in [2.45, 2.75) is 32.5 Å². The summed E-state index contributed by atoms with van der Waals surface area (Å²) in [5.41, 5.74) is -0.800. The Morgan fingerprint density at radius 2 is 1.63 bits per heavy atom. The summed E-state index contributed by atoms with van der Waals surface area (Å²) < 4.78 is 10.5. The van der Waals surface area contributed by atoms with Gasteiger partial charge < -0.3 is 19.7 Å². The molecular formula is C14H22O5. The van der Waals surface area contributed by atoms with E-state index in [1.807, 2.05) is 13.8 Å². The predicted octanol–water partition coefficient (Wildman–Crippen LogP) is 0.190. The highest BCUT2D eigenvalue weighted by Gasteiger charge is 2.79. The van der Waals surface area contributed by atoms with E-state index in [0.29, 0.717) is 6.42 Å². The Bertz CT molecular complexity index is 383. The smallest absolute Gasteiger partial charge is 0.305 e. The lowest BCUT2D eigenvalue weighted by molar-refractivity contribution is -0.142. The van der Waals surface area contributed by atoms with Gasteiger partial charge in [-0.2, -0.15) is 0 Å². The molecule has 3 rings (SSSR count). The summed E-state index contributed by atoms with van der Waals surface area (Å²) >= 11 is 0. The fourth-order valence-electron chi connectivity index (χ4n) is 4.96. The summed E-state index contributed by atoms with van der Waals surface area (Å²) in [6.07, 6.45) is 0.653. The zero-order valence-electron chi connectivity index (χ0n) is 11.6. The number of aliphatic hydroxyl groups excluding tert-OH is 2. The monoisotopic (exact) mass is 270 g/mol. The molecular weight excluding hydrogens is 248 g/mol. The number of esters is 1. The minimum atomic E-state index is -0.400. The molecule has 1 aliphatic heterocycles. The number of methoxy groups -OCH3 is 1. The highest BCUT2D eigenvalue weighted by molar-refractivity contribution is 5.70. The van der Waals surface area contributed by atoms with Crippen molar-refractivity contribution in [3.8, 4) is 0 Å². The highest BCUT2D eigenvalue weighted by atomic mass is 16.6. The van der Waals surface area contributed by atoms with Gasteiger partial charge in [0.2, 0.25) is 0 Å². The fraction of sp³-hybridized carbons (Fsp3) is 0.929. The average Bonchev–Trinajstić information content (AvgIpc) is 3.08. The molecule has 2 bridgehead atoms. The minimum absolute atomic E-state index is 0.00940. The Labute approximate surface area is 112 Å². The van der Waals surface area contributed by atoms with Gasteiger partial charge in [0.05, 0.1) is 19.3 Å². The van der Waals surface area contributed by atoms with E-state index in [0.717, 1.165) is 0 Å². The van der Waals surface area contributed by atoms with Crippen molar-refractivity contribution in [2.75, 3.05) is 20.3 Å². The second-order valence-corrected chi connectivity index (χ2v) is 6.71. The number of rotatable bonds is 4. The molecule has 2 aliphatic carbocycles. The summed E-state index contributed by atoms with van der Waals surface area (Å²) in [6, 6.07) is 0. The molecule has 19 heavy (non-hydrogen) atoms. The van der Waals surface area contributed by atoms with Crippen molar-refractivity contribution in [3.05, 3.63) is 0 Å². The maximum Gasteiger partial charge on any atom is 0.305 e. The Morgan fingerprint density at radius 3 is 2.00 bits per heavy atom. The van der Waals surface area contributed by atoms with Crippen molar-refractivity contribution in [1.29, 1.82) is 0 Å². The minimum Gasteiger partial charge on any atom is -0.469 e. The van der Waals surface area contributed by atoms with Crippen LogP contribution in [0.4, 0.5) is 0 Å². The molecule has 2 N–H and O–H groups in total. The van der Waals surface area contributed by atoms with E-state index in [1.165, 1.54) is 7.11 Å². The quantitative estimate of drug-likeness (QED) is 0.563. The maximum absolute atomic E-state index is 11.6. The third-order valence-corrected chi connectivity index (χ3v) is 6.25. The highest BCUT2D eigenvalue weighted by Crippen LogP contribution is 2.74. The van der Waals surface area contributed by atoms with Gasteiger partial charge >= 0.3 is 5.97 Å². The molecule has 0 aromatic heterocycles. The van der Waals surface area contributed by atoms with E-state index >= 15 is 0 Å². The lowest BCUT2D eigenvalue weighted by atomic mass is 9.58. The van der Waals surface area contributed by atoms with Crippen LogP contribution in [0.25, 0.3) is 0 Å². The summed E-state index contributed by atoms with van der Waals surface area (Å²) in [6.45, 7) is 4.04. The molecule has 108 valence electrons. The number of aliphatic hydroxyl groups is 2. The first-order valence-electron chi connectivity index (χ1n) is 6.88. The average molecular weight is 270 g/mol. The Hall–Kier alpha value is -0.650. The van der Waals surface area contributed by atoms with Gasteiger partial charge in [0.25, 0.3) is 0 Å². The van der Waals surface area contributed by atoms with Crippen LogP contribution in [0.3, 0.4) is 0 Å². The van der Waals surface area contributed by atoms with Gasteiger partial charge in [-0.3, -0.25) is 4.79 Å². The van der Waals surface area contributed by atoms with Crippen molar-refractivity contribution in [1.82, 2.24) is 0 Å². The molecule has 0 amide bonds. The number of fused-ring (bicyclic) bond motifs is 5. The molecule has 1 heterocycles. The van der Waals surface area contributed by atoms with Crippen LogP contribution in [0.5, 0.6) is 0 Å². The molecule has 5 nitrogen and oxygen atoms in total. The molecule has 3 aliphatic rings. The van der Waals surface area contributed by atoms with Gasteiger partial charge in [0.15, 0.2) is 0 Å². The van der Waals surface area contributed by atoms with Crippen LogP contribution in [0, 0.1) is 28.6 Å². The fourth-order valence-corrected chi connectivity index (χ4v) is 4.96. The third kappa shape index (κ3) is 1.38. The summed E-state index contributed by atoms with van der Waals surface area (Å²) in [5, 5.41) is 19.8. The van der Waals surface area contributed by atoms with Gasteiger partial charge in [-0.1, -0.05) is 13.8 Å². The number of carbonyl (C=O) groups is 1. The van der Waals surface area contributed by atoms with Gasteiger partial charge in [0.1, 0.15) is 0 Å². The number of epoxide rings is 1.